The van der Waals surface area contributed by atoms with E-state index in [4.69, 9.17) is 4.74 Å². The van der Waals surface area contributed by atoms with Gasteiger partial charge in [0.1, 0.15) is 0 Å². The van der Waals surface area contributed by atoms with Crippen molar-refractivity contribution in [3.05, 3.63) is 46.7 Å². The van der Waals surface area contributed by atoms with Crippen molar-refractivity contribution in [1.29, 1.82) is 0 Å². The quantitative estimate of drug-likeness (QED) is 0.470. The third-order valence-corrected chi connectivity index (χ3v) is 6.31. The van der Waals surface area contributed by atoms with Crippen LogP contribution in [0.15, 0.2) is 46.1 Å². The molecular formula is C17H16N2O3S3. The molecule has 0 bridgehead atoms. The molecule has 0 atom stereocenters. The van der Waals surface area contributed by atoms with E-state index in [0.717, 1.165) is 21.0 Å². The Morgan fingerprint density at radius 2 is 2.08 bits per heavy atom. The van der Waals surface area contributed by atoms with Crippen LogP contribution in [0, 0.1) is 0 Å². The Balaban J connectivity index is 1.34. The molecular weight excluding hydrogens is 376 g/mol. The first-order valence-corrected chi connectivity index (χ1v) is 10.3. The molecule has 0 aliphatic carbocycles. The summed E-state index contributed by atoms with van der Waals surface area (Å²) in [5.74, 6) is -0.560. The molecule has 3 aromatic rings. The summed E-state index contributed by atoms with van der Waals surface area (Å²) in [7, 11) is 0. The van der Waals surface area contributed by atoms with Crippen LogP contribution in [0.3, 0.4) is 0 Å². The second-order valence-electron chi connectivity index (χ2n) is 5.08. The smallest absolute Gasteiger partial charge is 0.316 e. The van der Waals surface area contributed by atoms with Crippen molar-refractivity contribution in [2.45, 2.75) is 10.8 Å². The average Bonchev–Trinajstić information content (AvgIpc) is 3.27. The minimum absolute atomic E-state index is 0.141. The van der Waals surface area contributed by atoms with Gasteiger partial charge in [-0.25, -0.2) is 4.98 Å². The number of para-hydroxylation sites is 1. The summed E-state index contributed by atoms with van der Waals surface area (Å²) in [5, 5.41) is 4.74. The molecule has 3 rings (SSSR count). The van der Waals surface area contributed by atoms with Crippen LogP contribution in [0.2, 0.25) is 0 Å². The molecule has 5 nitrogen and oxygen atoms in total. The van der Waals surface area contributed by atoms with Crippen molar-refractivity contribution >= 4 is 56.5 Å². The van der Waals surface area contributed by atoms with Crippen LogP contribution in [0.4, 0.5) is 0 Å². The molecule has 0 radical (unpaired) electrons. The number of hydrogen-bond acceptors (Lipinski definition) is 7. The lowest BCUT2D eigenvalue weighted by Gasteiger charge is -2.05. The molecule has 1 amide bonds. The van der Waals surface area contributed by atoms with Gasteiger partial charge >= 0.3 is 5.97 Å². The fourth-order valence-corrected chi connectivity index (χ4v) is 4.63. The molecule has 0 unspecified atom stereocenters. The number of amides is 1. The maximum atomic E-state index is 11.8. The van der Waals surface area contributed by atoms with E-state index in [-0.39, 0.29) is 18.3 Å². The number of thiazole rings is 1. The van der Waals surface area contributed by atoms with E-state index >= 15 is 0 Å². The van der Waals surface area contributed by atoms with E-state index < -0.39 is 5.97 Å². The summed E-state index contributed by atoms with van der Waals surface area (Å²) in [6.45, 7) is 0.293. The first-order valence-electron chi connectivity index (χ1n) is 7.64. The number of benzene rings is 1. The van der Waals surface area contributed by atoms with E-state index in [9.17, 15) is 9.59 Å². The first-order chi connectivity index (χ1) is 12.2. The number of rotatable bonds is 8. The van der Waals surface area contributed by atoms with Crippen LogP contribution >= 0.6 is 34.4 Å². The van der Waals surface area contributed by atoms with Crippen LogP contribution in [-0.4, -0.2) is 35.8 Å². The lowest BCUT2D eigenvalue weighted by atomic mass is 10.3. The first kappa shape index (κ1) is 17.9. The zero-order chi connectivity index (χ0) is 17.5. The second-order valence-corrected chi connectivity index (χ2v) is 8.36. The second kappa shape index (κ2) is 8.98. The number of esters is 1. The molecule has 130 valence electrons. The molecule has 2 aromatic heterocycles. The number of fused-ring (bicyclic) bond motifs is 1. The third-order valence-electron chi connectivity index (χ3n) is 3.23. The number of carbonyl (C=O) groups excluding carboxylic acids is 2. The summed E-state index contributed by atoms with van der Waals surface area (Å²) in [4.78, 5) is 29.1. The maximum Gasteiger partial charge on any atom is 0.316 e. The Bertz CT molecular complexity index is 813. The standard InChI is InChI=1S/C17H16N2O3S3/c20-15(18-8-7-12-4-3-9-23-12)10-22-16(21)11-24-17-19-13-5-1-2-6-14(13)25-17/h1-6,9H,7-8,10-11H2,(H,18,20). The largest absolute Gasteiger partial charge is 0.455 e. The highest BCUT2D eigenvalue weighted by Gasteiger charge is 2.10. The zero-order valence-electron chi connectivity index (χ0n) is 13.3. The number of hydrogen-bond donors (Lipinski definition) is 1. The summed E-state index contributed by atoms with van der Waals surface area (Å²) in [6.07, 6.45) is 0.783. The van der Waals surface area contributed by atoms with Crippen molar-refractivity contribution in [3.63, 3.8) is 0 Å². The van der Waals surface area contributed by atoms with Gasteiger partial charge in [0.2, 0.25) is 0 Å². The summed E-state index contributed by atoms with van der Waals surface area (Å²) in [5.41, 5.74) is 0.925. The van der Waals surface area contributed by atoms with Crippen LogP contribution in [0.5, 0.6) is 0 Å². The Morgan fingerprint density at radius 1 is 1.20 bits per heavy atom. The minimum atomic E-state index is -0.419. The number of carbonyl (C=O) groups is 2. The Kier molecular flexibility index (Phi) is 6.43. The van der Waals surface area contributed by atoms with Crippen LogP contribution in [0.25, 0.3) is 10.2 Å². The maximum absolute atomic E-state index is 11.8. The van der Waals surface area contributed by atoms with E-state index in [1.165, 1.54) is 28.0 Å². The molecule has 0 saturated carbocycles. The van der Waals surface area contributed by atoms with Gasteiger partial charge in [-0.15, -0.1) is 22.7 Å². The van der Waals surface area contributed by atoms with E-state index in [2.05, 4.69) is 10.3 Å². The minimum Gasteiger partial charge on any atom is -0.455 e. The fourth-order valence-electron chi connectivity index (χ4n) is 2.05. The highest BCUT2D eigenvalue weighted by molar-refractivity contribution is 8.01. The van der Waals surface area contributed by atoms with Crippen molar-refractivity contribution < 1.29 is 14.3 Å². The Hall–Kier alpha value is -1.90. The average molecular weight is 393 g/mol. The predicted octanol–water partition coefficient (Wildman–Crippen LogP) is 3.35. The molecule has 25 heavy (non-hydrogen) atoms. The molecule has 8 heteroatoms. The van der Waals surface area contributed by atoms with Gasteiger partial charge in [0.25, 0.3) is 5.91 Å². The van der Waals surface area contributed by atoms with Crippen LogP contribution < -0.4 is 5.32 Å². The van der Waals surface area contributed by atoms with Crippen molar-refractivity contribution in [1.82, 2.24) is 10.3 Å². The topological polar surface area (TPSA) is 68.3 Å². The number of ether oxygens (including phenoxy) is 1. The van der Waals surface area contributed by atoms with Gasteiger partial charge in [-0.1, -0.05) is 30.0 Å². The highest BCUT2D eigenvalue weighted by atomic mass is 32.2. The number of nitrogens with zero attached hydrogens (tertiary/aromatic N) is 1. The van der Waals surface area contributed by atoms with Crippen LogP contribution in [-0.2, 0) is 20.7 Å². The number of thioether (sulfide) groups is 1. The molecule has 1 aromatic carbocycles. The number of aromatic nitrogens is 1. The SMILES string of the molecule is O=C(COC(=O)CSc1nc2ccccc2s1)NCCc1cccs1. The van der Waals surface area contributed by atoms with Gasteiger partial charge in [0.15, 0.2) is 10.9 Å². The van der Waals surface area contributed by atoms with Gasteiger partial charge in [0, 0.05) is 11.4 Å². The van der Waals surface area contributed by atoms with E-state index in [1.807, 2.05) is 41.8 Å². The monoisotopic (exact) mass is 392 g/mol. The Morgan fingerprint density at radius 3 is 2.88 bits per heavy atom. The molecule has 0 aliphatic heterocycles. The third kappa shape index (κ3) is 5.55. The molecule has 0 fully saturated rings. The zero-order valence-corrected chi connectivity index (χ0v) is 15.7. The van der Waals surface area contributed by atoms with Gasteiger partial charge in [-0.05, 0) is 30.0 Å². The molecule has 0 spiro atoms. The Labute approximate surface area is 157 Å². The van der Waals surface area contributed by atoms with Crippen molar-refractivity contribution in [3.8, 4) is 0 Å². The van der Waals surface area contributed by atoms with E-state index in [1.54, 1.807) is 11.3 Å². The number of nitrogens with one attached hydrogen (secondary N) is 1. The summed E-state index contributed by atoms with van der Waals surface area (Å²) < 4.78 is 6.90. The summed E-state index contributed by atoms with van der Waals surface area (Å²) >= 11 is 4.52. The molecule has 0 saturated heterocycles. The molecule has 2 heterocycles. The highest BCUT2D eigenvalue weighted by Crippen LogP contribution is 2.29. The molecule has 0 aliphatic rings. The number of thiophene rings is 1. The van der Waals surface area contributed by atoms with Crippen molar-refractivity contribution in [2.24, 2.45) is 0 Å². The van der Waals surface area contributed by atoms with Crippen molar-refractivity contribution in [2.75, 3.05) is 18.9 Å². The molecule has 1 N–H and O–H groups in total. The predicted molar refractivity (Wildman–Crippen MR) is 102 cm³/mol. The van der Waals surface area contributed by atoms with Gasteiger partial charge in [-0.2, -0.15) is 0 Å². The van der Waals surface area contributed by atoms with Crippen LogP contribution in [0.1, 0.15) is 4.88 Å². The lowest BCUT2D eigenvalue weighted by molar-refractivity contribution is -0.145. The van der Waals surface area contributed by atoms with Gasteiger partial charge in [-0.3, -0.25) is 9.59 Å². The van der Waals surface area contributed by atoms with E-state index in [0.29, 0.717) is 6.54 Å². The normalized spacial score (nSPS) is 10.7. The van der Waals surface area contributed by atoms with Gasteiger partial charge in [0.05, 0.1) is 16.0 Å². The lowest BCUT2D eigenvalue weighted by Crippen LogP contribution is -2.30. The summed E-state index contributed by atoms with van der Waals surface area (Å²) in [6, 6.07) is 11.8. The fraction of sp³-hybridized carbons (Fsp3) is 0.235. The van der Waals surface area contributed by atoms with Gasteiger partial charge < -0.3 is 10.1 Å².